The Labute approximate surface area is 173 Å². The number of ether oxygens (including phenoxy) is 1. The summed E-state index contributed by atoms with van der Waals surface area (Å²) in [7, 11) is 1.71. The van der Waals surface area contributed by atoms with E-state index >= 15 is 0 Å². The van der Waals surface area contributed by atoms with Crippen LogP contribution in [0.2, 0.25) is 0 Å². The molecule has 1 saturated carbocycles. The molecule has 29 heavy (non-hydrogen) atoms. The molecular formula is C25H30N2O2. The maximum Gasteiger partial charge on any atom is 0.225 e. The molecule has 1 amide bonds. The van der Waals surface area contributed by atoms with E-state index in [4.69, 9.17) is 4.74 Å². The van der Waals surface area contributed by atoms with Crippen molar-refractivity contribution in [1.82, 2.24) is 9.80 Å². The lowest BCUT2D eigenvalue weighted by Crippen LogP contribution is -2.48. The SMILES string of the molecule is COc1ccc([C@H]2CN(C(=O)C3CC3)[C@@H]3CCN(Cc4ccccc4)C[C@H]23)cc1. The topological polar surface area (TPSA) is 32.8 Å². The summed E-state index contributed by atoms with van der Waals surface area (Å²) in [6.45, 7) is 4.00. The van der Waals surface area contributed by atoms with Gasteiger partial charge in [0.1, 0.15) is 5.75 Å². The number of methoxy groups -OCH3 is 1. The molecule has 0 unspecified atom stereocenters. The fraction of sp³-hybridized carbons (Fsp3) is 0.480. The van der Waals surface area contributed by atoms with Gasteiger partial charge in [-0.15, -0.1) is 0 Å². The number of nitrogens with zero attached hydrogens (tertiary/aromatic N) is 2. The van der Waals surface area contributed by atoms with Crippen LogP contribution in [0, 0.1) is 11.8 Å². The van der Waals surface area contributed by atoms with Gasteiger partial charge in [-0.25, -0.2) is 0 Å². The van der Waals surface area contributed by atoms with Crippen molar-refractivity contribution in [2.75, 3.05) is 26.7 Å². The van der Waals surface area contributed by atoms with Crippen molar-refractivity contribution in [3.05, 3.63) is 65.7 Å². The second-order valence-corrected chi connectivity index (χ2v) is 8.89. The van der Waals surface area contributed by atoms with Crippen molar-refractivity contribution in [1.29, 1.82) is 0 Å². The van der Waals surface area contributed by atoms with E-state index in [2.05, 4.69) is 64.4 Å². The van der Waals surface area contributed by atoms with E-state index in [9.17, 15) is 4.79 Å². The smallest absolute Gasteiger partial charge is 0.225 e. The molecule has 2 aromatic rings. The summed E-state index contributed by atoms with van der Waals surface area (Å²) in [5.41, 5.74) is 2.71. The summed E-state index contributed by atoms with van der Waals surface area (Å²) in [4.78, 5) is 17.8. The minimum Gasteiger partial charge on any atom is -0.497 e. The third-order valence-corrected chi connectivity index (χ3v) is 7.02. The average Bonchev–Trinajstić information content (AvgIpc) is 3.55. The molecule has 3 atom stereocenters. The number of rotatable bonds is 5. The predicted octanol–water partition coefficient (Wildman–Crippen LogP) is 3.92. The molecule has 2 saturated heterocycles. The molecule has 2 heterocycles. The molecule has 0 bridgehead atoms. The Morgan fingerprint density at radius 3 is 2.45 bits per heavy atom. The van der Waals surface area contributed by atoms with Gasteiger partial charge >= 0.3 is 0 Å². The Morgan fingerprint density at radius 1 is 1.00 bits per heavy atom. The highest BCUT2D eigenvalue weighted by molar-refractivity contribution is 5.82. The lowest BCUT2D eigenvalue weighted by atomic mass is 9.81. The van der Waals surface area contributed by atoms with E-state index in [1.807, 2.05) is 0 Å². The van der Waals surface area contributed by atoms with Gasteiger partial charge in [-0.3, -0.25) is 9.69 Å². The standard InChI is InChI=1S/C25H30N2O2/c1-29-21-11-9-19(10-12-21)22-17-27(25(28)20-7-8-20)24-13-14-26(16-23(22)24)15-18-5-3-2-4-6-18/h2-6,9-12,20,22-24H,7-8,13-17H2,1H3/t22-,23-,24-/m1/s1. The molecular weight excluding hydrogens is 360 g/mol. The van der Waals surface area contributed by atoms with E-state index in [0.717, 1.165) is 51.2 Å². The van der Waals surface area contributed by atoms with Gasteiger partial charge in [0.15, 0.2) is 0 Å². The van der Waals surface area contributed by atoms with Gasteiger partial charge in [0.05, 0.1) is 7.11 Å². The highest BCUT2D eigenvalue weighted by atomic mass is 16.5. The minimum absolute atomic E-state index is 0.299. The lowest BCUT2D eigenvalue weighted by molar-refractivity contribution is -0.134. The number of fused-ring (bicyclic) bond motifs is 1. The Hall–Kier alpha value is -2.33. The summed E-state index contributed by atoms with van der Waals surface area (Å²) in [5, 5.41) is 0. The fourth-order valence-electron chi connectivity index (χ4n) is 5.31. The number of benzene rings is 2. The maximum atomic E-state index is 13.0. The van der Waals surface area contributed by atoms with Crippen molar-refractivity contribution in [2.24, 2.45) is 11.8 Å². The van der Waals surface area contributed by atoms with Gasteiger partial charge < -0.3 is 9.64 Å². The van der Waals surface area contributed by atoms with Crippen molar-refractivity contribution >= 4 is 5.91 Å². The Balaban J connectivity index is 1.38. The first-order chi connectivity index (χ1) is 14.2. The molecule has 3 fully saturated rings. The summed E-state index contributed by atoms with van der Waals surface area (Å²) >= 11 is 0. The molecule has 1 aliphatic carbocycles. The number of hydrogen-bond acceptors (Lipinski definition) is 3. The van der Waals surface area contributed by atoms with E-state index in [-0.39, 0.29) is 0 Å². The van der Waals surface area contributed by atoms with E-state index in [1.54, 1.807) is 7.11 Å². The van der Waals surface area contributed by atoms with E-state index in [1.165, 1.54) is 11.1 Å². The summed E-state index contributed by atoms with van der Waals surface area (Å²) in [6, 6.07) is 19.6. The first-order valence-electron chi connectivity index (χ1n) is 10.9. The van der Waals surface area contributed by atoms with E-state index < -0.39 is 0 Å². The monoisotopic (exact) mass is 390 g/mol. The highest BCUT2D eigenvalue weighted by Crippen LogP contribution is 2.44. The normalized spacial score (nSPS) is 26.9. The van der Waals surface area contributed by atoms with Gasteiger partial charge in [-0.2, -0.15) is 0 Å². The van der Waals surface area contributed by atoms with Crippen molar-refractivity contribution in [3.63, 3.8) is 0 Å². The van der Waals surface area contributed by atoms with E-state index in [0.29, 0.717) is 29.7 Å². The van der Waals surface area contributed by atoms with Crippen LogP contribution in [0.25, 0.3) is 0 Å². The molecule has 0 aromatic heterocycles. The molecule has 2 aromatic carbocycles. The molecule has 4 nitrogen and oxygen atoms in total. The molecule has 2 aliphatic heterocycles. The quantitative estimate of drug-likeness (QED) is 0.776. The summed E-state index contributed by atoms with van der Waals surface area (Å²) in [5.74, 6) is 2.51. The van der Waals surface area contributed by atoms with Crippen LogP contribution in [-0.4, -0.2) is 48.5 Å². The number of amides is 1. The van der Waals surface area contributed by atoms with Crippen LogP contribution >= 0.6 is 0 Å². The van der Waals surface area contributed by atoms with Gasteiger partial charge in [0.25, 0.3) is 0 Å². The van der Waals surface area contributed by atoms with Gasteiger partial charge in [0, 0.05) is 50.0 Å². The number of piperidine rings is 1. The van der Waals surface area contributed by atoms with Crippen LogP contribution in [0.15, 0.2) is 54.6 Å². The lowest BCUT2D eigenvalue weighted by Gasteiger charge is -2.39. The maximum absolute atomic E-state index is 13.0. The Morgan fingerprint density at radius 2 is 1.76 bits per heavy atom. The summed E-state index contributed by atoms with van der Waals surface area (Å²) < 4.78 is 5.35. The van der Waals surface area contributed by atoms with Crippen LogP contribution in [0.1, 0.15) is 36.3 Å². The van der Waals surface area contributed by atoms with Crippen LogP contribution in [0.5, 0.6) is 5.75 Å². The zero-order chi connectivity index (χ0) is 19.8. The zero-order valence-electron chi connectivity index (χ0n) is 17.2. The molecule has 3 aliphatic rings. The van der Waals surface area contributed by atoms with Crippen molar-refractivity contribution in [2.45, 2.75) is 37.8 Å². The fourth-order valence-corrected chi connectivity index (χ4v) is 5.31. The zero-order valence-corrected chi connectivity index (χ0v) is 17.2. The van der Waals surface area contributed by atoms with Crippen molar-refractivity contribution in [3.8, 4) is 5.75 Å². The minimum atomic E-state index is 0.299. The van der Waals surface area contributed by atoms with Gasteiger partial charge in [-0.05, 0) is 42.5 Å². The predicted molar refractivity (Wildman–Crippen MR) is 114 cm³/mol. The average molecular weight is 391 g/mol. The second-order valence-electron chi connectivity index (χ2n) is 8.89. The second kappa shape index (κ2) is 7.83. The van der Waals surface area contributed by atoms with Crippen LogP contribution < -0.4 is 4.74 Å². The van der Waals surface area contributed by atoms with Crippen molar-refractivity contribution < 1.29 is 9.53 Å². The molecule has 0 radical (unpaired) electrons. The number of carbonyl (C=O) groups excluding carboxylic acids is 1. The third kappa shape index (κ3) is 3.78. The van der Waals surface area contributed by atoms with Gasteiger partial charge in [-0.1, -0.05) is 42.5 Å². The number of likely N-dealkylation sites (tertiary alicyclic amines) is 2. The largest absolute Gasteiger partial charge is 0.497 e. The number of hydrogen-bond donors (Lipinski definition) is 0. The first kappa shape index (κ1) is 18.7. The first-order valence-corrected chi connectivity index (χ1v) is 10.9. The molecule has 4 heteroatoms. The molecule has 5 rings (SSSR count). The highest BCUT2D eigenvalue weighted by Gasteiger charge is 2.49. The third-order valence-electron chi connectivity index (χ3n) is 7.02. The summed E-state index contributed by atoms with van der Waals surface area (Å²) in [6.07, 6.45) is 3.25. The molecule has 0 N–H and O–H groups in total. The number of carbonyl (C=O) groups is 1. The molecule has 0 spiro atoms. The van der Waals surface area contributed by atoms with Crippen LogP contribution in [0.3, 0.4) is 0 Å². The Bertz CT molecular complexity index is 847. The van der Waals surface area contributed by atoms with Crippen LogP contribution in [0.4, 0.5) is 0 Å². The Kier molecular flexibility index (Phi) is 5.04. The van der Waals surface area contributed by atoms with Gasteiger partial charge in [0.2, 0.25) is 5.91 Å². The van der Waals surface area contributed by atoms with Crippen LogP contribution in [-0.2, 0) is 11.3 Å². The molecule has 152 valence electrons.